The lowest BCUT2D eigenvalue weighted by Crippen LogP contribution is -2.27. The smallest absolute Gasteiger partial charge is 0.219 e. The molecule has 0 unspecified atom stereocenters. The SMILES string of the molecule is CCCCCCCCC(=O)NCCCNCC. The molecular formula is C14H30N2O. The Kier molecular flexibility index (Phi) is 13.0. The number of hydrogen-bond donors (Lipinski definition) is 2. The quantitative estimate of drug-likeness (QED) is 0.517. The van der Waals surface area contributed by atoms with Crippen molar-refractivity contribution in [3.8, 4) is 0 Å². The van der Waals surface area contributed by atoms with Crippen molar-refractivity contribution in [2.24, 2.45) is 0 Å². The third-order valence-corrected chi connectivity index (χ3v) is 2.86. The van der Waals surface area contributed by atoms with Gasteiger partial charge in [0.1, 0.15) is 0 Å². The molecule has 17 heavy (non-hydrogen) atoms. The van der Waals surface area contributed by atoms with Gasteiger partial charge in [0, 0.05) is 13.0 Å². The molecule has 0 aromatic rings. The van der Waals surface area contributed by atoms with Crippen LogP contribution in [0.2, 0.25) is 0 Å². The van der Waals surface area contributed by atoms with E-state index >= 15 is 0 Å². The van der Waals surface area contributed by atoms with E-state index in [1.807, 2.05) is 0 Å². The maximum Gasteiger partial charge on any atom is 0.219 e. The van der Waals surface area contributed by atoms with Crippen LogP contribution in [0.25, 0.3) is 0 Å². The first kappa shape index (κ1) is 16.4. The second kappa shape index (κ2) is 13.5. The Morgan fingerprint density at radius 3 is 2.29 bits per heavy atom. The first-order valence-electron chi connectivity index (χ1n) is 7.28. The maximum absolute atomic E-state index is 11.4. The van der Waals surface area contributed by atoms with Crippen LogP contribution >= 0.6 is 0 Å². The van der Waals surface area contributed by atoms with Crippen molar-refractivity contribution < 1.29 is 4.79 Å². The molecule has 0 spiro atoms. The van der Waals surface area contributed by atoms with E-state index in [4.69, 9.17) is 0 Å². The van der Waals surface area contributed by atoms with Gasteiger partial charge in [0.15, 0.2) is 0 Å². The van der Waals surface area contributed by atoms with E-state index in [2.05, 4.69) is 24.5 Å². The predicted octanol–water partition coefficient (Wildman–Crippen LogP) is 2.85. The topological polar surface area (TPSA) is 41.1 Å². The summed E-state index contributed by atoms with van der Waals surface area (Å²) in [4.78, 5) is 11.4. The van der Waals surface area contributed by atoms with Crippen molar-refractivity contribution in [3.63, 3.8) is 0 Å². The van der Waals surface area contributed by atoms with Crippen LogP contribution in [-0.2, 0) is 4.79 Å². The first-order chi connectivity index (χ1) is 8.31. The molecule has 0 fully saturated rings. The van der Waals surface area contributed by atoms with Gasteiger partial charge >= 0.3 is 0 Å². The van der Waals surface area contributed by atoms with E-state index in [0.717, 1.165) is 32.5 Å². The third kappa shape index (κ3) is 13.4. The number of nitrogens with one attached hydrogen (secondary N) is 2. The van der Waals surface area contributed by atoms with Gasteiger partial charge in [-0.1, -0.05) is 46.0 Å². The third-order valence-electron chi connectivity index (χ3n) is 2.86. The summed E-state index contributed by atoms with van der Waals surface area (Å²) in [7, 11) is 0. The molecule has 0 saturated carbocycles. The second-order valence-corrected chi connectivity index (χ2v) is 4.57. The minimum Gasteiger partial charge on any atom is -0.356 e. The summed E-state index contributed by atoms with van der Waals surface area (Å²) >= 11 is 0. The average molecular weight is 242 g/mol. The van der Waals surface area contributed by atoms with Crippen molar-refractivity contribution in [2.45, 2.75) is 65.2 Å². The Bertz CT molecular complexity index is 172. The summed E-state index contributed by atoms with van der Waals surface area (Å²) in [6.45, 7) is 7.12. The molecule has 0 aliphatic heterocycles. The summed E-state index contributed by atoms with van der Waals surface area (Å²) in [6, 6.07) is 0. The molecule has 0 bridgehead atoms. The molecule has 0 saturated heterocycles. The zero-order valence-corrected chi connectivity index (χ0v) is 11.7. The number of amides is 1. The van der Waals surface area contributed by atoms with E-state index in [1.165, 1.54) is 32.1 Å². The summed E-state index contributed by atoms with van der Waals surface area (Å²) < 4.78 is 0. The Morgan fingerprint density at radius 2 is 1.59 bits per heavy atom. The lowest BCUT2D eigenvalue weighted by molar-refractivity contribution is -0.121. The number of rotatable bonds is 12. The van der Waals surface area contributed by atoms with Gasteiger partial charge in [-0.2, -0.15) is 0 Å². The highest BCUT2D eigenvalue weighted by atomic mass is 16.1. The zero-order valence-electron chi connectivity index (χ0n) is 11.7. The lowest BCUT2D eigenvalue weighted by atomic mass is 10.1. The normalized spacial score (nSPS) is 10.5. The molecule has 0 aromatic carbocycles. The molecule has 3 nitrogen and oxygen atoms in total. The molecule has 2 N–H and O–H groups in total. The molecule has 0 radical (unpaired) electrons. The zero-order chi connectivity index (χ0) is 12.8. The fraction of sp³-hybridized carbons (Fsp3) is 0.929. The first-order valence-corrected chi connectivity index (χ1v) is 7.28. The highest BCUT2D eigenvalue weighted by Gasteiger charge is 1.99. The second-order valence-electron chi connectivity index (χ2n) is 4.57. The molecular weight excluding hydrogens is 212 g/mol. The van der Waals surface area contributed by atoms with Crippen LogP contribution < -0.4 is 10.6 Å². The molecule has 0 aromatic heterocycles. The highest BCUT2D eigenvalue weighted by Crippen LogP contribution is 2.06. The molecule has 102 valence electrons. The fourth-order valence-corrected chi connectivity index (χ4v) is 1.77. The Morgan fingerprint density at radius 1 is 0.882 bits per heavy atom. The average Bonchev–Trinajstić information content (AvgIpc) is 2.33. The number of carbonyl (C=O) groups is 1. The molecule has 3 heteroatoms. The largest absolute Gasteiger partial charge is 0.356 e. The summed E-state index contributed by atoms with van der Waals surface area (Å²) in [5.74, 6) is 0.219. The molecule has 1 amide bonds. The molecule has 0 heterocycles. The van der Waals surface area contributed by atoms with Crippen molar-refractivity contribution in [1.29, 1.82) is 0 Å². The van der Waals surface area contributed by atoms with E-state index in [1.54, 1.807) is 0 Å². The van der Waals surface area contributed by atoms with Crippen LogP contribution in [0, 0.1) is 0 Å². The van der Waals surface area contributed by atoms with Crippen LogP contribution in [0.4, 0.5) is 0 Å². The molecule has 0 atom stereocenters. The number of carbonyl (C=O) groups excluding carboxylic acids is 1. The predicted molar refractivity (Wildman–Crippen MR) is 74.2 cm³/mol. The van der Waals surface area contributed by atoms with E-state index in [9.17, 15) is 4.79 Å². The molecule has 0 aliphatic carbocycles. The van der Waals surface area contributed by atoms with E-state index < -0.39 is 0 Å². The number of hydrogen-bond acceptors (Lipinski definition) is 2. The van der Waals surface area contributed by atoms with Crippen LogP contribution in [0.3, 0.4) is 0 Å². The van der Waals surface area contributed by atoms with Gasteiger partial charge in [-0.15, -0.1) is 0 Å². The van der Waals surface area contributed by atoms with Crippen LogP contribution in [0.1, 0.15) is 65.2 Å². The molecule has 0 rings (SSSR count). The van der Waals surface area contributed by atoms with Gasteiger partial charge in [0.05, 0.1) is 0 Å². The van der Waals surface area contributed by atoms with Crippen molar-refractivity contribution in [1.82, 2.24) is 10.6 Å². The standard InChI is InChI=1S/C14H30N2O/c1-3-5-6-7-8-9-11-14(17)16-13-10-12-15-4-2/h15H,3-13H2,1-2H3,(H,16,17). The Hall–Kier alpha value is -0.570. The highest BCUT2D eigenvalue weighted by molar-refractivity contribution is 5.75. The van der Waals surface area contributed by atoms with Gasteiger partial charge in [-0.3, -0.25) is 4.79 Å². The van der Waals surface area contributed by atoms with Crippen LogP contribution in [-0.4, -0.2) is 25.5 Å². The summed E-state index contributed by atoms with van der Waals surface area (Å²) in [5, 5.41) is 6.21. The Labute approximate surface area is 107 Å². The van der Waals surface area contributed by atoms with Gasteiger partial charge in [-0.05, 0) is 25.9 Å². The summed E-state index contributed by atoms with van der Waals surface area (Å²) in [5.41, 5.74) is 0. The maximum atomic E-state index is 11.4. The van der Waals surface area contributed by atoms with Crippen molar-refractivity contribution in [2.75, 3.05) is 19.6 Å². The summed E-state index contributed by atoms with van der Waals surface area (Å²) in [6.07, 6.45) is 9.18. The monoisotopic (exact) mass is 242 g/mol. The van der Waals surface area contributed by atoms with E-state index in [0.29, 0.717) is 6.42 Å². The Balaban J connectivity index is 3.12. The van der Waals surface area contributed by atoms with Crippen LogP contribution in [0.5, 0.6) is 0 Å². The number of unbranched alkanes of at least 4 members (excludes halogenated alkanes) is 5. The van der Waals surface area contributed by atoms with Gasteiger partial charge < -0.3 is 10.6 Å². The molecule has 0 aliphatic rings. The van der Waals surface area contributed by atoms with Crippen molar-refractivity contribution >= 4 is 5.91 Å². The fourth-order valence-electron chi connectivity index (χ4n) is 1.77. The minimum atomic E-state index is 0.219. The van der Waals surface area contributed by atoms with Gasteiger partial charge in [0.2, 0.25) is 5.91 Å². The van der Waals surface area contributed by atoms with Gasteiger partial charge in [0.25, 0.3) is 0 Å². The lowest BCUT2D eigenvalue weighted by Gasteiger charge is -2.05. The van der Waals surface area contributed by atoms with Crippen LogP contribution in [0.15, 0.2) is 0 Å². The van der Waals surface area contributed by atoms with Gasteiger partial charge in [-0.25, -0.2) is 0 Å². The minimum absolute atomic E-state index is 0.219. The van der Waals surface area contributed by atoms with E-state index in [-0.39, 0.29) is 5.91 Å². The van der Waals surface area contributed by atoms with Crippen molar-refractivity contribution in [3.05, 3.63) is 0 Å².